The van der Waals surface area contributed by atoms with Gasteiger partial charge in [0.1, 0.15) is 17.3 Å². The van der Waals surface area contributed by atoms with Crippen molar-refractivity contribution in [1.29, 1.82) is 0 Å². The van der Waals surface area contributed by atoms with Gasteiger partial charge in [-0.25, -0.2) is 4.39 Å². The number of hydrogen-bond donors (Lipinski definition) is 2. The number of rotatable bonds is 7. The monoisotopic (exact) mass is 381 g/mol. The van der Waals surface area contributed by atoms with Crippen LogP contribution in [0.1, 0.15) is 15.9 Å². The maximum atomic E-state index is 13.0. The van der Waals surface area contributed by atoms with Gasteiger partial charge in [0.15, 0.2) is 0 Å². The third-order valence-corrected chi connectivity index (χ3v) is 4.05. The minimum atomic E-state index is -0.314. The van der Waals surface area contributed by atoms with Gasteiger partial charge >= 0.3 is 0 Å². The molecule has 1 amide bonds. The molecule has 144 valence electrons. The Kier molecular flexibility index (Phi) is 6.06. The molecule has 0 saturated carbocycles. The molecule has 7 heteroatoms. The van der Waals surface area contributed by atoms with Gasteiger partial charge in [0.25, 0.3) is 5.91 Å². The van der Waals surface area contributed by atoms with Gasteiger partial charge in [-0.2, -0.15) is 0 Å². The molecule has 0 radical (unpaired) electrons. The molecule has 0 spiro atoms. The van der Waals surface area contributed by atoms with E-state index in [9.17, 15) is 9.18 Å². The van der Waals surface area contributed by atoms with E-state index in [0.29, 0.717) is 35.0 Å². The zero-order valence-corrected chi connectivity index (χ0v) is 15.5. The molecule has 3 rings (SSSR count). The Bertz CT molecular complexity index is 961. The van der Waals surface area contributed by atoms with E-state index < -0.39 is 0 Å². The standard InChI is InChI=1S/C21H20FN3O3/c1-27-18-7-8-20(28-2)19(10-18)25-17-9-15(12-23-13-17)21(26)24-11-14-3-5-16(22)6-4-14/h3-10,12-13,25H,11H2,1-2H3,(H,24,26). The number of hydrogen-bond acceptors (Lipinski definition) is 5. The fourth-order valence-corrected chi connectivity index (χ4v) is 2.59. The van der Waals surface area contributed by atoms with Crippen LogP contribution in [-0.4, -0.2) is 25.1 Å². The first-order chi connectivity index (χ1) is 13.6. The second-order valence-electron chi connectivity index (χ2n) is 5.96. The lowest BCUT2D eigenvalue weighted by Crippen LogP contribution is -2.23. The Morgan fingerprint density at radius 3 is 2.54 bits per heavy atom. The van der Waals surface area contributed by atoms with Crippen LogP contribution in [0.3, 0.4) is 0 Å². The van der Waals surface area contributed by atoms with Gasteiger partial charge in [0, 0.05) is 18.8 Å². The SMILES string of the molecule is COc1ccc(OC)c(Nc2cncc(C(=O)NCc3ccc(F)cc3)c2)c1. The summed E-state index contributed by atoms with van der Waals surface area (Å²) < 4.78 is 23.5. The van der Waals surface area contributed by atoms with E-state index in [4.69, 9.17) is 9.47 Å². The predicted octanol–water partition coefficient (Wildman–Crippen LogP) is 3.91. The van der Waals surface area contributed by atoms with Crippen molar-refractivity contribution in [2.24, 2.45) is 0 Å². The molecule has 0 atom stereocenters. The number of nitrogens with one attached hydrogen (secondary N) is 2. The lowest BCUT2D eigenvalue weighted by molar-refractivity contribution is 0.0950. The number of amides is 1. The number of pyridine rings is 1. The largest absolute Gasteiger partial charge is 0.497 e. The first-order valence-corrected chi connectivity index (χ1v) is 8.56. The first-order valence-electron chi connectivity index (χ1n) is 8.56. The van der Waals surface area contributed by atoms with Crippen molar-refractivity contribution in [2.75, 3.05) is 19.5 Å². The van der Waals surface area contributed by atoms with E-state index in [1.807, 2.05) is 0 Å². The summed E-state index contributed by atoms with van der Waals surface area (Å²) in [5.41, 5.74) is 2.51. The molecule has 0 bridgehead atoms. The molecule has 0 saturated heterocycles. The molecule has 0 fully saturated rings. The number of nitrogens with zero attached hydrogens (tertiary/aromatic N) is 1. The average molecular weight is 381 g/mol. The molecular formula is C21H20FN3O3. The highest BCUT2D eigenvalue weighted by Crippen LogP contribution is 2.31. The van der Waals surface area contributed by atoms with Crippen molar-refractivity contribution < 1.29 is 18.7 Å². The van der Waals surface area contributed by atoms with Gasteiger partial charge < -0.3 is 20.1 Å². The van der Waals surface area contributed by atoms with Gasteiger partial charge in [-0.1, -0.05) is 12.1 Å². The Hall–Kier alpha value is -3.61. The van der Waals surface area contributed by atoms with Crippen molar-refractivity contribution in [1.82, 2.24) is 10.3 Å². The fraction of sp³-hybridized carbons (Fsp3) is 0.143. The summed E-state index contributed by atoms with van der Waals surface area (Å²) in [6.07, 6.45) is 3.09. The fourth-order valence-electron chi connectivity index (χ4n) is 2.59. The van der Waals surface area contributed by atoms with Crippen molar-refractivity contribution in [3.05, 3.63) is 77.9 Å². The van der Waals surface area contributed by atoms with Crippen LogP contribution in [0, 0.1) is 5.82 Å². The zero-order valence-electron chi connectivity index (χ0n) is 15.5. The number of carbonyl (C=O) groups excluding carboxylic acids is 1. The second kappa shape index (κ2) is 8.85. The first kappa shape index (κ1) is 19.2. The minimum Gasteiger partial charge on any atom is -0.497 e. The average Bonchev–Trinajstić information content (AvgIpc) is 2.73. The van der Waals surface area contributed by atoms with Crippen LogP contribution in [0.5, 0.6) is 11.5 Å². The Balaban J connectivity index is 1.71. The quantitative estimate of drug-likeness (QED) is 0.649. The molecular weight excluding hydrogens is 361 g/mol. The molecule has 1 heterocycles. The van der Waals surface area contributed by atoms with Gasteiger partial charge in [-0.15, -0.1) is 0 Å². The molecule has 0 unspecified atom stereocenters. The molecule has 3 aromatic rings. The van der Waals surface area contributed by atoms with Crippen LogP contribution in [0.25, 0.3) is 0 Å². The summed E-state index contributed by atoms with van der Waals surface area (Å²) in [6.45, 7) is 0.292. The molecule has 0 aliphatic heterocycles. The summed E-state index contributed by atoms with van der Waals surface area (Å²) in [5.74, 6) is 0.709. The number of ether oxygens (including phenoxy) is 2. The number of halogens is 1. The number of carbonyl (C=O) groups is 1. The van der Waals surface area contributed by atoms with Crippen LogP contribution >= 0.6 is 0 Å². The summed E-state index contributed by atoms with van der Waals surface area (Å²) >= 11 is 0. The van der Waals surface area contributed by atoms with Gasteiger partial charge in [-0.3, -0.25) is 9.78 Å². The number of benzene rings is 2. The highest BCUT2D eigenvalue weighted by molar-refractivity contribution is 5.94. The number of methoxy groups -OCH3 is 2. The zero-order chi connectivity index (χ0) is 19.9. The van der Waals surface area contributed by atoms with Crippen molar-refractivity contribution in [2.45, 2.75) is 6.54 Å². The van der Waals surface area contributed by atoms with E-state index in [0.717, 1.165) is 5.56 Å². The minimum absolute atomic E-state index is 0.280. The Labute approximate surface area is 162 Å². The van der Waals surface area contributed by atoms with Crippen molar-refractivity contribution in [3.63, 3.8) is 0 Å². The normalized spacial score (nSPS) is 10.2. The van der Waals surface area contributed by atoms with E-state index in [-0.39, 0.29) is 11.7 Å². The van der Waals surface area contributed by atoms with Crippen LogP contribution < -0.4 is 20.1 Å². The Morgan fingerprint density at radius 1 is 1.04 bits per heavy atom. The van der Waals surface area contributed by atoms with Crippen LogP contribution in [0.15, 0.2) is 60.9 Å². The summed E-state index contributed by atoms with van der Waals surface area (Å²) in [7, 11) is 3.16. The number of anilines is 2. The molecule has 0 aliphatic carbocycles. The molecule has 0 aliphatic rings. The Morgan fingerprint density at radius 2 is 1.82 bits per heavy atom. The lowest BCUT2D eigenvalue weighted by Gasteiger charge is -2.13. The number of aromatic nitrogens is 1. The highest BCUT2D eigenvalue weighted by atomic mass is 19.1. The van der Waals surface area contributed by atoms with E-state index in [1.165, 1.54) is 18.3 Å². The molecule has 28 heavy (non-hydrogen) atoms. The van der Waals surface area contributed by atoms with Crippen molar-refractivity contribution >= 4 is 17.3 Å². The van der Waals surface area contributed by atoms with Gasteiger partial charge in [0.2, 0.25) is 0 Å². The topological polar surface area (TPSA) is 72.5 Å². The van der Waals surface area contributed by atoms with E-state index in [1.54, 1.807) is 56.8 Å². The van der Waals surface area contributed by atoms with E-state index >= 15 is 0 Å². The smallest absolute Gasteiger partial charge is 0.253 e. The maximum absolute atomic E-state index is 13.0. The van der Waals surface area contributed by atoms with Crippen molar-refractivity contribution in [3.8, 4) is 11.5 Å². The summed E-state index contributed by atoms with van der Waals surface area (Å²) in [5, 5.41) is 5.98. The molecule has 2 N–H and O–H groups in total. The van der Waals surface area contributed by atoms with Crippen LogP contribution in [0.2, 0.25) is 0 Å². The van der Waals surface area contributed by atoms with E-state index in [2.05, 4.69) is 15.6 Å². The summed E-state index contributed by atoms with van der Waals surface area (Å²) in [4.78, 5) is 16.5. The lowest BCUT2D eigenvalue weighted by atomic mass is 10.2. The third-order valence-electron chi connectivity index (χ3n) is 4.05. The van der Waals surface area contributed by atoms with Gasteiger partial charge in [0.05, 0.1) is 37.4 Å². The molecule has 1 aromatic heterocycles. The molecule has 6 nitrogen and oxygen atoms in total. The molecule has 2 aromatic carbocycles. The predicted molar refractivity (Wildman–Crippen MR) is 105 cm³/mol. The second-order valence-corrected chi connectivity index (χ2v) is 5.96. The highest BCUT2D eigenvalue weighted by Gasteiger charge is 2.10. The van der Waals surface area contributed by atoms with Crippen LogP contribution in [-0.2, 0) is 6.54 Å². The van der Waals surface area contributed by atoms with Crippen LogP contribution in [0.4, 0.5) is 15.8 Å². The van der Waals surface area contributed by atoms with Gasteiger partial charge in [-0.05, 0) is 35.9 Å². The third kappa shape index (κ3) is 4.76. The summed E-state index contributed by atoms with van der Waals surface area (Å²) in [6, 6.07) is 13.0. The maximum Gasteiger partial charge on any atom is 0.253 e.